The number of likely N-dealkylation sites (N-methyl/N-ethyl adjacent to an activating group) is 1. The predicted octanol–water partition coefficient (Wildman–Crippen LogP) is 1.60. The first-order valence-corrected chi connectivity index (χ1v) is 7.71. The molecule has 4 nitrogen and oxygen atoms in total. The van der Waals surface area contributed by atoms with Crippen molar-refractivity contribution < 1.29 is 9.90 Å². The van der Waals surface area contributed by atoms with Crippen molar-refractivity contribution in [2.75, 3.05) is 32.5 Å². The largest absolute Gasteiger partial charge is 0.394 e. The molecule has 0 spiro atoms. The SMILES string of the molecule is CN(CC(=O)NCCSc1ccccc1)C(C)(C)CO. The maximum absolute atomic E-state index is 11.8. The van der Waals surface area contributed by atoms with Crippen molar-refractivity contribution in [1.29, 1.82) is 0 Å². The third-order valence-corrected chi connectivity index (χ3v) is 4.25. The molecule has 0 heterocycles. The average Bonchev–Trinajstić information content (AvgIpc) is 2.44. The number of thioether (sulfide) groups is 1. The van der Waals surface area contributed by atoms with E-state index in [1.54, 1.807) is 11.8 Å². The Balaban J connectivity index is 2.21. The summed E-state index contributed by atoms with van der Waals surface area (Å²) in [6.07, 6.45) is 0. The molecule has 0 aliphatic carbocycles. The van der Waals surface area contributed by atoms with Crippen molar-refractivity contribution in [3.05, 3.63) is 30.3 Å². The second-order valence-electron chi connectivity index (χ2n) is 5.34. The Morgan fingerprint density at radius 3 is 2.60 bits per heavy atom. The fourth-order valence-corrected chi connectivity index (χ4v) is 2.27. The first-order chi connectivity index (χ1) is 9.45. The van der Waals surface area contributed by atoms with Gasteiger partial charge in [0, 0.05) is 22.7 Å². The average molecular weight is 296 g/mol. The van der Waals surface area contributed by atoms with Gasteiger partial charge in [-0.2, -0.15) is 0 Å². The lowest BCUT2D eigenvalue weighted by Crippen LogP contribution is -2.48. The number of nitrogens with zero attached hydrogens (tertiary/aromatic N) is 1. The Kier molecular flexibility index (Phi) is 7.05. The number of aliphatic hydroxyl groups excluding tert-OH is 1. The van der Waals surface area contributed by atoms with Crippen LogP contribution in [0.25, 0.3) is 0 Å². The summed E-state index contributed by atoms with van der Waals surface area (Å²) in [5, 5.41) is 12.1. The zero-order valence-corrected chi connectivity index (χ0v) is 13.2. The molecule has 2 N–H and O–H groups in total. The summed E-state index contributed by atoms with van der Waals surface area (Å²) < 4.78 is 0. The van der Waals surface area contributed by atoms with Gasteiger partial charge in [0.25, 0.3) is 0 Å². The standard InChI is InChI=1S/C15H24N2O2S/c1-15(2,12-18)17(3)11-14(19)16-9-10-20-13-7-5-4-6-8-13/h4-8,18H,9-12H2,1-3H3,(H,16,19). The van der Waals surface area contributed by atoms with Crippen molar-refractivity contribution in [1.82, 2.24) is 10.2 Å². The van der Waals surface area contributed by atoms with Crippen molar-refractivity contribution >= 4 is 17.7 Å². The number of hydrogen-bond acceptors (Lipinski definition) is 4. The highest BCUT2D eigenvalue weighted by atomic mass is 32.2. The molecule has 0 aliphatic heterocycles. The predicted molar refractivity (Wildman–Crippen MR) is 84.0 cm³/mol. The fraction of sp³-hybridized carbons (Fsp3) is 0.533. The van der Waals surface area contributed by atoms with Crippen LogP contribution < -0.4 is 5.32 Å². The first-order valence-electron chi connectivity index (χ1n) is 6.72. The highest BCUT2D eigenvalue weighted by Gasteiger charge is 2.23. The van der Waals surface area contributed by atoms with E-state index in [2.05, 4.69) is 17.4 Å². The van der Waals surface area contributed by atoms with Crippen LogP contribution in [-0.2, 0) is 4.79 Å². The van der Waals surface area contributed by atoms with E-state index in [1.807, 2.05) is 44.0 Å². The number of hydrogen-bond donors (Lipinski definition) is 2. The minimum Gasteiger partial charge on any atom is -0.394 e. The maximum Gasteiger partial charge on any atom is 0.234 e. The first kappa shape index (κ1) is 17.0. The van der Waals surface area contributed by atoms with Crippen LogP contribution in [0.2, 0.25) is 0 Å². The topological polar surface area (TPSA) is 52.6 Å². The number of nitrogens with one attached hydrogen (secondary N) is 1. The van der Waals surface area contributed by atoms with E-state index in [1.165, 1.54) is 4.90 Å². The van der Waals surface area contributed by atoms with Gasteiger partial charge in [-0.05, 0) is 33.0 Å². The van der Waals surface area contributed by atoms with Gasteiger partial charge >= 0.3 is 0 Å². The molecule has 1 rings (SSSR count). The molecule has 20 heavy (non-hydrogen) atoms. The van der Waals surface area contributed by atoms with Gasteiger partial charge in [0.15, 0.2) is 0 Å². The summed E-state index contributed by atoms with van der Waals surface area (Å²) in [6.45, 7) is 4.78. The molecule has 1 aromatic rings. The highest BCUT2D eigenvalue weighted by molar-refractivity contribution is 7.99. The molecule has 0 saturated carbocycles. The van der Waals surface area contributed by atoms with Crippen molar-refractivity contribution in [3.63, 3.8) is 0 Å². The van der Waals surface area contributed by atoms with Gasteiger partial charge in [-0.3, -0.25) is 9.69 Å². The van der Waals surface area contributed by atoms with E-state index >= 15 is 0 Å². The van der Waals surface area contributed by atoms with Crippen molar-refractivity contribution in [2.24, 2.45) is 0 Å². The molecule has 0 unspecified atom stereocenters. The van der Waals surface area contributed by atoms with E-state index < -0.39 is 0 Å². The second-order valence-corrected chi connectivity index (χ2v) is 6.51. The Bertz CT molecular complexity index is 410. The molecule has 0 saturated heterocycles. The molecular weight excluding hydrogens is 272 g/mol. The van der Waals surface area contributed by atoms with Crippen LogP contribution >= 0.6 is 11.8 Å². The molecule has 5 heteroatoms. The third kappa shape index (κ3) is 5.94. The number of amides is 1. The van der Waals surface area contributed by atoms with E-state index in [-0.39, 0.29) is 18.1 Å². The van der Waals surface area contributed by atoms with Gasteiger partial charge in [0.1, 0.15) is 0 Å². The molecular formula is C15H24N2O2S. The van der Waals surface area contributed by atoms with Gasteiger partial charge < -0.3 is 10.4 Å². The summed E-state index contributed by atoms with van der Waals surface area (Å²) in [5.41, 5.74) is -0.379. The summed E-state index contributed by atoms with van der Waals surface area (Å²) >= 11 is 1.72. The van der Waals surface area contributed by atoms with E-state index in [9.17, 15) is 9.90 Å². The Morgan fingerprint density at radius 2 is 2.00 bits per heavy atom. The molecule has 0 radical (unpaired) electrons. The van der Waals surface area contributed by atoms with Crippen LogP contribution in [-0.4, -0.2) is 53.9 Å². The third-order valence-electron chi connectivity index (χ3n) is 3.24. The van der Waals surface area contributed by atoms with Crippen LogP contribution in [0.5, 0.6) is 0 Å². The number of benzene rings is 1. The summed E-state index contributed by atoms with van der Waals surface area (Å²) in [6, 6.07) is 10.1. The zero-order chi connectivity index (χ0) is 15.0. The van der Waals surface area contributed by atoms with Gasteiger partial charge in [0.05, 0.1) is 13.2 Å². The van der Waals surface area contributed by atoms with Gasteiger partial charge in [-0.1, -0.05) is 18.2 Å². The van der Waals surface area contributed by atoms with Gasteiger partial charge in [-0.25, -0.2) is 0 Å². The van der Waals surface area contributed by atoms with Crippen LogP contribution in [0.3, 0.4) is 0 Å². The van der Waals surface area contributed by atoms with Crippen LogP contribution in [0, 0.1) is 0 Å². The lowest BCUT2D eigenvalue weighted by molar-refractivity contribution is -0.123. The molecule has 1 amide bonds. The number of aliphatic hydroxyl groups is 1. The van der Waals surface area contributed by atoms with E-state index in [0.717, 1.165) is 5.75 Å². The quantitative estimate of drug-likeness (QED) is 0.565. The lowest BCUT2D eigenvalue weighted by atomic mass is 10.1. The minimum atomic E-state index is -0.379. The summed E-state index contributed by atoms with van der Waals surface area (Å²) in [5.74, 6) is 0.839. The van der Waals surface area contributed by atoms with Crippen LogP contribution in [0.1, 0.15) is 13.8 Å². The monoisotopic (exact) mass is 296 g/mol. The second kappa shape index (κ2) is 8.29. The minimum absolute atomic E-state index is 0.0114. The Morgan fingerprint density at radius 1 is 1.35 bits per heavy atom. The Labute approximate surface area is 125 Å². The molecule has 0 aliphatic rings. The number of rotatable bonds is 8. The smallest absolute Gasteiger partial charge is 0.234 e. The normalized spacial score (nSPS) is 11.7. The number of carbonyl (C=O) groups is 1. The van der Waals surface area contributed by atoms with Gasteiger partial charge in [-0.15, -0.1) is 11.8 Å². The Hall–Kier alpha value is -1.04. The fourth-order valence-electron chi connectivity index (χ4n) is 1.48. The number of carbonyl (C=O) groups excluding carboxylic acids is 1. The van der Waals surface area contributed by atoms with Gasteiger partial charge in [0.2, 0.25) is 5.91 Å². The zero-order valence-electron chi connectivity index (χ0n) is 12.4. The maximum atomic E-state index is 11.8. The molecule has 0 atom stereocenters. The van der Waals surface area contributed by atoms with E-state index in [4.69, 9.17) is 0 Å². The van der Waals surface area contributed by atoms with Crippen LogP contribution in [0.4, 0.5) is 0 Å². The van der Waals surface area contributed by atoms with Crippen LogP contribution in [0.15, 0.2) is 35.2 Å². The van der Waals surface area contributed by atoms with Crippen molar-refractivity contribution in [2.45, 2.75) is 24.3 Å². The molecule has 112 valence electrons. The molecule has 0 bridgehead atoms. The lowest BCUT2D eigenvalue weighted by Gasteiger charge is -2.33. The highest BCUT2D eigenvalue weighted by Crippen LogP contribution is 2.15. The molecule has 0 aromatic heterocycles. The molecule has 0 fully saturated rings. The summed E-state index contributed by atoms with van der Waals surface area (Å²) in [7, 11) is 1.84. The van der Waals surface area contributed by atoms with E-state index in [0.29, 0.717) is 13.1 Å². The molecule has 1 aromatic carbocycles. The summed E-state index contributed by atoms with van der Waals surface area (Å²) in [4.78, 5) is 14.8. The van der Waals surface area contributed by atoms with Crippen molar-refractivity contribution in [3.8, 4) is 0 Å².